The molecule has 16 aliphatic carbocycles. The van der Waals surface area contributed by atoms with Crippen molar-refractivity contribution in [1.29, 1.82) is 0 Å². The van der Waals surface area contributed by atoms with Gasteiger partial charge < -0.3 is 58.3 Å². The fourth-order valence-corrected chi connectivity index (χ4v) is 32.1. The van der Waals surface area contributed by atoms with Crippen molar-refractivity contribution in [1.82, 2.24) is 0 Å². The van der Waals surface area contributed by atoms with E-state index in [4.69, 9.17) is 57.9 Å². The van der Waals surface area contributed by atoms with Crippen LogP contribution in [0.15, 0.2) is 115 Å². The summed E-state index contributed by atoms with van der Waals surface area (Å²) in [6.07, 6.45) is 34.5. The standard InChI is InChI=1S/2C25H31NO6.2C25H33NO5.2C2H6/c2*1-13-26-25(20(30)12-31-14(2)27)21(32-13)10-18-17-6-5-15-9-16(28)7-8-23(15,3)22(17)19(29)11-24(18,25)4;2*1-14-26-25(20(29)13-30-15(2)27)21(31-14)11-18-17-9-8-16-7-5-6-10-23(16,3)22(17)19(28)12-24(18,25)4;2*1-2/h2*7-9,17-19,21-22,29H,5-6,10-12H2,1-4H3;2*6-7,10,17-19,21-22,28H,5,8-9,11-13H2,1-4H3;2*1-2H3/t4*17-,18-,19-,21+,22+,23-,24-,25+;;/m0000../s1. The number of aliphatic imine (C=N–C) groups is 4. The molecule has 0 amide bonds. The Morgan fingerprint density at radius 3 is 0.815 bits per heavy atom. The van der Waals surface area contributed by atoms with E-state index in [1.807, 2.05) is 39.8 Å². The van der Waals surface area contributed by atoms with Crippen LogP contribution in [0.2, 0.25) is 0 Å². The molecule has 20 rings (SSSR count). The molecule has 0 aromatic rings. The first kappa shape index (κ1) is 96.1. The molecule has 0 spiro atoms. The minimum absolute atomic E-state index is 0.00898. The van der Waals surface area contributed by atoms with E-state index >= 15 is 0 Å². The minimum atomic E-state index is -1.15. The summed E-state index contributed by atoms with van der Waals surface area (Å²) in [5.41, 5.74) is -2.72. The number of Topliss-reactive ketones (excluding diaryl/α,β-unsaturated/α-hetero) is 4. The lowest BCUT2D eigenvalue weighted by molar-refractivity contribution is -0.155. The molecule has 4 N–H and O–H groups in total. The second-order valence-electron chi connectivity index (χ2n) is 42.5. The Labute approximate surface area is 765 Å². The number of carbonyl (C=O) groups excluding carboxylic acids is 10. The van der Waals surface area contributed by atoms with Crippen LogP contribution >= 0.6 is 0 Å². The molecule has 0 aromatic carbocycles. The molecule has 0 radical (unpaired) electrons. The fourth-order valence-electron chi connectivity index (χ4n) is 32.1. The molecule has 708 valence electrons. The molecule has 32 atom stereocenters. The second kappa shape index (κ2) is 34.5. The summed E-state index contributed by atoms with van der Waals surface area (Å²) in [6, 6.07) is 0. The lowest BCUT2D eigenvalue weighted by Crippen LogP contribution is -2.62. The van der Waals surface area contributed by atoms with Gasteiger partial charge in [0, 0.05) is 122 Å². The Hall–Kier alpha value is -8.46. The maximum Gasteiger partial charge on any atom is 0.303 e. The lowest BCUT2D eigenvalue weighted by Gasteiger charge is -2.59. The van der Waals surface area contributed by atoms with E-state index in [1.54, 1.807) is 52.0 Å². The van der Waals surface area contributed by atoms with E-state index in [0.29, 0.717) is 74.0 Å². The van der Waals surface area contributed by atoms with E-state index < -0.39 is 104 Å². The molecule has 4 heterocycles. The van der Waals surface area contributed by atoms with E-state index in [1.165, 1.54) is 38.8 Å². The smallest absolute Gasteiger partial charge is 0.303 e. The molecule has 12 fully saturated rings. The van der Waals surface area contributed by atoms with Gasteiger partial charge in [-0.1, -0.05) is 154 Å². The molecule has 20 aliphatic rings. The van der Waals surface area contributed by atoms with Gasteiger partial charge in [0.1, 0.15) is 24.4 Å². The van der Waals surface area contributed by atoms with Crippen molar-refractivity contribution < 1.29 is 106 Å². The Bertz CT molecular complexity index is 4750. The van der Waals surface area contributed by atoms with Crippen LogP contribution in [0.4, 0.5) is 0 Å². The van der Waals surface area contributed by atoms with Crippen molar-refractivity contribution in [2.24, 2.45) is 134 Å². The van der Waals surface area contributed by atoms with Crippen LogP contribution in [0.3, 0.4) is 0 Å². The molecule has 26 heteroatoms. The van der Waals surface area contributed by atoms with Crippen LogP contribution in [-0.2, 0) is 85.8 Å². The number of carbonyl (C=O) groups is 10. The molecule has 0 saturated heterocycles. The molecule has 26 nitrogen and oxygen atoms in total. The third-order valence-electron chi connectivity index (χ3n) is 36.8. The van der Waals surface area contributed by atoms with Crippen molar-refractivity contribution in [3.63, 3.8) is 0 Å². The predicted octanol–water partition coefficient (Wildman–Crippen LogP) is 13.9. The third kappa shape index (κ3) is 14.2. The van der Waals surface area contributed by atoms with Crippen molar-refractivity contribution in [3.05, 3.63) is 95.2 Å². The van der Waals surface area contributed by atoms with Crippen LogP contribution < -0.4 is 0 Å². The molecule has 12 saturated carbocycles. The van der Waals surface area contributed by atoms with Crippen molar-refractivity contribution >= 4 is 82.2 Å². The zero-order valence-corrected chi connectivity index (χ0v) is 80.0. The Morgan fingerprint density at radius 1 is 0.362 bits per heavy atom. The topological polar surface area (TPSA) is 375 Å². The number of allylic oxidation sites excluding steroid dienone is 16. The van der Waals surface area contributed by atoms with Gasteiger partial charge in [-0.15, -0.1) is 0 Å². The summed E-state index contributed by atoms with van der Waals surface area (Å²) in [5.74, 6) is 0.904. The second-order valence-corrected chi connectivity index (χ2v) is 42.5. The van der Waals surface area contributed by atoms with Gasteiger partial charge in [0.15, 0.2) is 83.7 Å². The lowest BCUT2D eigenvalue weighted by atomic mass is 9.46. The van der Waals surface area contributed by atoms with Gasteiger partial charge in [-0.25, -0.2) is 20.0 Å². The summed E-state index contributed by atoms with van der Waals surface area (Å²) < 4.78 is 44.7. The van der Waals surface area contributed by atoms with E-state index in [-0.39, 0.29) is 154 Å². The van der Waals surface area contributed by atoms with Crippen LogP contribution in [0, 0.1) is 114 Å². The summed E-state index contributed by atoms with van der Waals surface area (Å²) in [4.78, 5) is 143. The molecule has 4 aliphatic heterocycles. The monoisotopic (exact) mass is 1800 g/mol. The third-order valence-corrected chi connectivity index (χ3v) is 36.8. The summed E-state index contributed by atoms with van der Waals surface area (Å²) in [6.45, 7) is 36.1. The maximum atomic E-state index is 13.6. The molecule has 130 heavy (non-hydrogen) atoms. The van der Waals surface area contributed by atoms with Crippen LogP contribution in [0.1, 0.15) is 254 Å². The highest BCUT2D eigenvalue weighted by Gasteiger charge is 2.80. The zero-order valence-electron chi connectivity index (χ0n) is 80.0. The molecular formula is C104H140N4O22. The summed E-state index contributed by atoms with van der Waals surface area (Å²) >= 11 is 0. The highest BCUT2D eigenvalue weighted by atomic mass is 16.6. The van der Waals surface area contributed by atoms with Crippen LogP contribution in [-0.4, -0.2) is 200 Å². The number of fused-ring (bicyclic) bond motifs is 28. The molecule has 0 bridgehead atoms. The number of aliphatic hydroxyl groups excluding tert-OH is 4. The number of hydrogen-bond donors (Lipinski definition) is 4. The van der Waals surface area contributed by atoms with Gasteiger partial charge in [0.2, 0.25) is 23.1 Å². The first-order valence-corrected chi connectivity index (χ1v) is 48.3. The van der Waals surface area contributed by atoms with Crippen LogP contribution in [0.25, 0.3) is 0 Å². The van der Waals surface area contributed by atoms with Gasteiger partial charge in [-0.2, -0.15) is 0 Å². The largest absolute Gasteiger partial charge is 0.475 e. The Balaban J connectivity index is 0.000000131. The fraction of sp³-hybridized carbons (Fsp3) is 0.712. The predicted molar refractivity (Wildman–Crippen MR) is 485 cm³/mol. The normalized spacial score (nSPS) is 45.3. The molecule has 0 unspecified atom stereocenters. The number of ether oxygens (including phenoxy) is 8. The highest BCUT2D eigenvalue weighted by molar-refractivity contribution is 6.03. The summed E-state index contributed by atoms with van der Waals surface area (Å²) in [7, 11) is 0. The number of nitrogens with zero attached hydrogens (tertiary/aromatic N) is 4. The van der Waals surface area contributed by atoms with E-state index in [9.17, 15) is 68.4 Å². The first-order valence-electron chi connectivity index (χ1n) is 48.3. The van der Waals surface area contributed by atoms with Gasteiger partial charge in [0.25, 0.3) is 0 Å². The average Bonchev–Trinajstić information content (AvgIpc) is 1.52. The van der Waals surface area contributed by atoms with Gasteiger partial charge >= 0.3 is 23.9 Å². The zero-order chi connectivity index (χ0) is 94.5. The first-order chi connectivity index (χ1) is 61.3. The quantitative estimate of drug-likeness (QED) is 0.0801. The Kier molecular flexibility index (Phi) is 25.5. The van der Waals surface area contributed by atoms with Gasteiger partial charge in [-0.3, -0.25) is 47.9 Å². The summed E-state index contributed by atoms with van der Waals surface area (Å²) in [5, 5.41) is 46.3. The molecular weight excluding hydrogens is 1660 g/mol. The number of hydrogen-bond acceptors (Lipinski definition) is 26. The Morgan fingerprint density at radius 2 is 0.585 bits per heavy atom. The maximum absolute atomic E-state index is 13.6. The number of ketones is 6. The minimum Gasteiger partial charge on any atom is -0.475 e. The SMILES string of the molecule is CC.CC.CC(=O)OCC(=O)[C@@]12N=C(C)O[C@@H]1C[C@H]1[C@@H]3CCC4=CC(=O)C=C[C@]4(C)[C@H]3[C@@H](O)C[C@@]12C.CC(=O)OCC(=O)[C@@]12N=C(C)O[C@@H]1C[C@H]1[C@@H]3CCC4=CC(=O)C=C[C@]4(C)[C@H]3[C@@H](O)C[C@@]12C.CC(=O)OCC(=O)[C@@]12N=C(C)O[C@@H]1C[C@H]1[C@@H]3CCC4=CCC=C[C@]4(C)[C@H]3[C@@H](O)C[C@@]12C.CC(=O)OCC(=O)[C@@]12N=C(C)O[C@@H]1C[C@H]1[C@@H]3CCC4=CCC=C[C@]4(C)[C@H]3[C@@H](O)C[C@@]12C. The van der Waals surface area contributed by atoms with Crippen molar-refractivity contribution in [2.45, 2.75) is 325 Å². The van der Waals surface area contributed by atoms with Crippen molar-refractivity contribution in [3.8, 4) is 0 Å². The average molecular weight is 1800 g/mol. The van der Waals surface area contributed by atoms with Gasteiger partial charge in [-0.05, 0) is 187 Å². The van der Waals surface area contributed by atoms with Crippen molar-refractivity contribution in [2.75, 3.05) is 26.4 Å². The molecule has 0 aromatic heterocycles. The van der Waals surface area contributed by atoms with E-state index in [0.717, 1.165) is 88.2 Å². The van der Waals surface area contributed by atoms with Gasteiger partial charge in [0.05, 0.1) is 24.4 Å². The number of rotatable bonds is 12. The highest BCUT2D eigenvalue weighted by Crippen LogP contribution is 2.75. The number of aliphatic hydroxyl groups is 4. The van der Waals surface area contributed by atoms with Crippen LogP contribution in [0.5, 0.6) is 0 Å². The van der Waals surface area contributed by atoms with E-state index in [2.05, 4.69) is 91.8 Å². The number of esters is 4.